The quantitative estimate of drug-likeness (QED) is 0.586. The average molecular weight is 428 g/mol. The van der Waals surface area contributed by atoms with Crippen LogP contribution in [0.25, 0.3) is 0 Å². The molecule has 2 aliphatic heterocycles. The van der Waals surface area contributed by atoms with Crippen LogP contribution in [0, 0.1) is 5.82 Å². The Morgan fingerprint density at radius 2 is 1.97 bits per heavy atom. The molecule has 0 aliphatic carbocycles. The first-order chi connectivity index (χ1) is 14.5. The molecule has 0 unspecified atom stereocenters. The summed E-state index contributed by atoms with van der Waals surface area (Å²) in [5.41, 5.74) is 1.87. The molecule has 0 saturated carbocycles. The van der Waals surface area contributed by atoms with Crippen molar-refractivity contribution < 1.29 is 23.4 Å². The molecule has 2 heterocycles. The van der Waals surface area contributed by atoms with Crippen LogP contribution < -0.4 is 19.7 Å². The van der Waals surface area contributed by atoms with Crippen molar-refractivity contribution in [3.63, 3.8) is 0 Å². The highest BCUT2D eigenvalue weighted by Gasteiger charge is 2.36. The predicted molar refractivity (Wildman–Crippen MR) is 114 cm³/mol. The lowest BCUT2D eigenvalue weighted by Crippen LogP contribution is -2.48. The van der Waals surface area contributed by atoms with Crippen LogP contribution in [0.4, 0.5) is 10.1 Å². The fraction of sp³-hybridized carbons (Fsp3) is 0.273. The van der Waals surface area contributed by atoms with Crippen LogP contribution in [-0.4, -0.2) is 30.9 Å². The van der Waals surface area contributed by atoms with Gasteiger partial charge in [0, 0.05) is 17.3 Å². The maximum atomic E-state index is 14.6. The number of nitrogens with one attached hydrogen (secondary N) is 1. The highest BCUT2D eigenvalue weighted by molar-refractivity contribution is 7.80. The molecule has 0 fully saturated rings. The summed E-state index contributed by atoms with van der Waals surface area (Å²) in [6.07, 6.45) is 0. The van der Waals surface area contributed by atoms with Crippen LogP contribution in [0.2, 0.25) is 0 Å². The number of allylic oxidation sites excluding steroid dienone is 1. The zero-order chi connectivity index (χ0) is 21.3. The van der Waals surface area contributed by atoms with E-state index in [1.807, 2.05) is 6.07 Å². The Morgan fingerprint density at radius 3 is 2.70 bits per heavy atom. The summed E-state index contributed by atoms with van der Waals surface area (Å²) in [7, 11) is 0. The summed E-state index contributed by atoms with van der Waals surface area (Å²) in [4.78, 5) is 14.6. The lowest BCUT2D eigenvalue weighted by molar-refractivity contribution is -0.139. The summed E-state index contributed by atoms with van der Waals surface area (Å²) in [6.45, 7) is 4.65. The molecule has 0 spiro atoms. The van der Waals surface area contributed by atoms with Crippen molar-refractivity contribution in [2.24, 2.45) is 0 Å². The Hall–Kier alpha value is -3.13. The second-order valence-electron chi connectivity index (χ2n) is 6.79. The third-order valence-electron chi connectivity index (χ3n) is 4.98. The summed E-state index contributed by atoms with van der Waals surface area (Å²) >= 11 is 5.60. The van der Waals surface area contributed by atoms with Gasteiger partial charge in [0.1, 0.15) is 19.0 Å². The van der Waals surface area contributed by atoms with E-state index in [4.69, 9.17) is 26.4 Å². The SMILES string of the molecule is CCOC(=O)C1=C(C)N(c2ccc3c(c2)OCCO3)C(=S)N[C@@H]1c1ccccc1F. The van der Waals surface area contributed by atoms with Crippen LogP contribution in [0.5, 0.6) is 11.5 Å². The third kappa shape index (κ3) is 3.59. The number of anilines is 1. The number of fused-ring (bicyclic) bond motifs is 1. The number of carbonyl (C=O) groups excluding carboxylic acids is 1. The number of hydrogen-bond donors (Lipinski definition) is 1. The van der Waals surface area contributed by atoms with Gasteiger partial charge in [0.2, 0.25) is 0 Å². The predicted octanol–water partition coefficient (Wildman–Crippen LogP) is 3.87. The largest absolute Gasteiger partial charge is 0.486 e. The van der Waals surface area contributed by atoms with Gasteiger partial charge in [0.05, 0.1) is 23.9 Å². The highest BCUT2D eigenvalue weighted by Crippen LogP contribution is 2.39. The van der Waals surface area contributed by atoms with Gasteiger partial charge in [-0.2, -0.15) is 0 Å². The molecule has 0 aromatic heterocycles. The first-order valence-electron chi connectivity index (χ1n) is 9.63. The molecule has 6 nitrogen and oxygen atoms in total. The maximum absolute atomic E-state index is 14.6. The summed E-state index contributed by atoms with van der Waals surface area (Å²) in [5.74, 6) is 0.293. The van der Waals surface area contributed by atoms with Gasteiger partial charge in [-0.1, -0.05) is 18.2 Å². The van der Waals surface area contributed by atoms with Gasteiger partial charge in [-0.25, -0.2) is 9.18 Å². The van der Waals surface area contributed by atoms with E-state index in [9.17, 15) is 9.18 Å². The smallest absolute Gasteiger partial charge is 0.338 e. The molecule has 0 bridgehead atoms. The maximum Gasteiger partial charge on any atom is 0.338 e. The van der Waals surface area contributed by atoms with Crippen molar-refractivity contribution in [2.45, 2.75) is 19.9 Å². The van der Waals surface area contributed by atoms with Gasteiger partial charge >= 0.3 is 5.97 Å². The van der Waals surface area contributed by atoms with Gasteiger partial charge in [0.25, 0.3) is 0 Å². The normalized spacial score (nSPS) is 18.2. The monoisotopic (exact) mass is 428 g/mol. The minimum atomic E-state index is -0.758. The van der Waals surface area contributed by atoms with Gasteiger partial charge in [-0.15, -0.1) is 0 Å². The number of hydrogen-bond acceptors (Lipinski definition) is 5. The van der Waals surface area contributed by atoms with E-state index in [0.29, 0.717) is 52.3 Å². The zero-order valence-corrected chi connectivity index (χ0v) is 17.4. The molecule has 2 aliphatic rings. The van der Waals surface area contributed by atoms with Gasteiger partial charge in [-0.3, -0.25) is 4.90 Å². The Bertz CT molecular complexity index is 1040. The average Bonchev–Trinajstić information content (AvgIpc) is 2.73. The second-order valence-corrected chi connectivity index (χ2v) is 7.17. The number of thiocarbonyl (C=S) groups is 1. The molecule has 156 valence electrons. The van der Waals surface area contributed by atoms with E-state index in [1.165, 1.54) is 6.07 Å². The molecule has 0 saturated heterocycles. The number of nitrogens with zero attached hydrogens (tertiary/aromatic N) is 1. The lowest BCUT2D eigenvalue weighted by Gasteiger charge is -2.37. The van der Waals surface area contributed by atoms with E-state index in [2.05, 4.69) is 5.32 Å². The van der Waals surface area contributed by atoms with Gasteiger partial charge < -0.3 is 19.5 Å². The van der Waals surface area contributed by atoms with Gasteiger partial charge in [0.15, 0.2) is 16.6 Å². The fourth-order valence-electron chi connectivity index (χ4n) is 3.64. The molecule has 2 aromatic carbocycles. The summed E-state index contributed by atoms with van der Waals surface area (Å²) < 4.78 is 31.1. The van der Waals surface area contributed by atoms with Crippen molar-refractivity contribution in [3.8, 4) is 11.5 Å². The number of halogens is 1. The second kappa shape index (κ2) is 8.31. The molecule has 8 heteroatoms. The number of ether oxygens (including phenoxy) is 3. The van der Waals surface area contributed by atoms with E-state index < -0.39 is 17.8 Å². The first-order valence-corrected chi connectivity index (χ1v) is 10.0. The molecule has 0 amide bonds. The van der Waals surface area contributed by atoms with Crippen molar-refractivity contribution in [1.82, 2.24) is 5.32 Å². The summed E-state index contributed by atoms with van der Waals surface area (Å²) in [6, 6.07) is 11.0. The van der Waals surface area contributed by atoms with Crippen LogP contribution in [0.3, 0.4) is 0 Å². The summed E-state index contributed by atoms with van der Waals surface area (Å²) in [5, 5.41) is 3.45. The first kappa shape index (κ1) is 20.2. The van der Waals surface area contributed by atoms with Crippen molar-refractivity contribution in [3.05, 3.63) is 65.1 Å². The zero-order valence-electron chi connectivity index (χ0n) is 16.6. The standard InChI is InChI=1S/C22H21FN2O4S/c1-3-27-21(26)19-13(2)25(14-8-9-17-18(12-14)29-11-10-28-17)22(30)24-20(19)15-6-4-5-7-16(15)23/h4-9,12,20H,3,10-11H2,1-2H3,(H,24,30)/t20-/m1/s1. The van der Waals surface area contributed by atoms with E-state index in [1.54, 1.807) is 49.1 Å². The Labute approximate surface area is 179 Å². The lowest BCUT2D eigenvalue weighted by atomic mass is 9.94. The van der Waals surface area contributed by atoms with Crippen LogP contribution in [0.1, 0.15) is 25.5 Å². The Kier molecular flexibility index (Phi) is 5.59. The molecular weight excluding hydrogens is 407 g/mol. The minimum absolute atomic E-state index is 0.202. The molecule has 30 heavy (non-hydrogen) atoms. The van der Waals surface area contributed by atoms with E-state index in [-0.39, 0.29) is 6.61 Å². The molecule has 2 aromatic rings. The number of carbonyl (C=O) groups is 1. The van der Waals surface area contributed by atoms with Crippen molar-refractivity contribution in [1.29, 1.82) is 0 Å². The van der Waals surface area contributed by atoms with Crippen LogP contribution in [0.15, 0.2) is 53.7 Å². The Balaban J connectivity index is 1.82. The number of benzene rings is 2. The molecule has 0 radical (unpaired) electrons. The van der Waals surface area contributed by atoms with Crippen LogP contribution in [-0.2, 0) is 9.53 Å². The van der Waals surface area contributed by atoms with Crippen molar-refractivity contribution >= 4 is 29.0 Å². The number of esters is 1. The molecule has 4 rings (SSSR count). The van der Waals surface area contributed by atoms with Crippen molar-refractivity contribution in [2.75, 3.05) is 24.7 Å². The Morgan fingerprint density at radius 1 is 1.23 bits per heavy atom. The van der Waals surface area contributed by atoms with E-state index in [0.717, 1.165) is 0 Å². The van der Waals surface area contributed by atoms with Crippen LogP contribution >= 0.6 is 12.2 Å². The molecule has 1 N–H and O–H groups in total. The minimum Gasteiger partial charge on any atom is -0.486 e. The van der Waals surface area contributed by atoms with E-state index >= 15 is 0 Å². The third-order valence-corrected chi connectivity index (χ3v) is 5.28. The molecular formula is C22H21FN2O4S. The van der Waals surface area contributed by atoms with Gasteiger partial charge in [-0.05, 0) is 44.3 Å². The highest BCUT2D eigenvalue weighted by atomic mass is 32.1. The fourth-order valence-corrected chi connectivity index (χ4v) is 4.00. The topological polar surface area (TPSA) is 60.0 Å². The molecule has 1 atom stereocenters. The number of rotatable bonds is 4.